The lowest BCUT2D eigenvalue weighted by Gasteiger charge is -2.37. The molecule has 0 aliphatic carbocycles. The summed E-state index contributed by atoms with van der Waals surface area (Å²) in [5.74, 6) is -2.52. The largest absolute Gasteiger partial charge is 0.480 e. The van der Waals surface area contributed by atoms with Crippen molar-refractivity contribution in [2.45, 2.75) is 24.0 Å². The Hall–Kier alpha value is -3.62. The summed E-state index contributed by atoms with van der Waals surface area (Å²) in [7, 11) is 0. The van der Waals surface area contributed by atoms with Crippen LogP contribution in [0, 0.1) is 0 Å². The van der Waals surface area contributed by atoms with Crippen molar-refractivity contribution in [2.24, 2.45) is 5.73 Å². The van der Waals surface area contributed by atoms with E-state index in [0.717, 1.165) is 16.7 Å². The molecule has 0 fully saturated rings. The first-order chi connectivity index (χ1) is 16.4. The molecule has 0 heterocycles. The standard InChI is InChI=1S/C26H27N3O4S/c27-21(24(31)28-22(17-34)25(32)33)16-23(30)29-26(18-10-4-1-5-11-18,19-12-6-2-7-13-19)20-14-8-3-9-15-20/h1-15,21-22,34H,16-17,27H2,(H,28,31)(H,29,30)(H,32,33)/t21-,22-/m0/s1. The van der Waals surface area contributed by atoms with Gasteiger partial charge in [0.05, 0.1) is 12.5 Å². The molecule has 0 bridgehead atoms. The predicted molar refractivity (Wildman–Crippen MR) is 133 cm³/mol. The van der Waals surface area contributed by atoms with E-state index in [4.69, 9.17) is 10.8 Å². The number of hydrogen-bond acceptors (Lipinski definition) is 5. The van der Waals surface area contributed by atoms with Crippen LogP contribution in [0.5, 0.6) is 0 Å². The summed E-state index contributed by atoms with van der Waals surface area (Å²) in [5, 5.41) is 14.6. The van der Waals surface area contributed by atoms with Crippen LogP contribution in [-0.4, -0.2) is 40.7 Å². The Balaban J connectivity index is 1.96. The van der Waals surface area contributed by atoms with E-state index in [1.54, 1.807) is 0 Å². The van der Waals surface area contributed by atoms with E-state index < -0.39 is 35.4 Å². The lowest BCUT2D eigenvalue weighted by Crippen LogP contribution is -2.53. The average molecular weight is 478 g/mol. The minimum absolute atomic E-state index is 0.0981. The number of aliphatic carboxylic acids is 1. The highest BCUT2D eigenvalue weighted by molar-refractivity contribution is 7.80. The number of carbonyl (C=O) groups is 3. The number of nitrogens with two attached hydrogens (primary N) is 1. The summed E-state index contributed by atoms with van der Waals surface area (Å²) in [6, 6.07) is 26.2. The molecule has 3 rings (SSSR count). The first-order valence-corrected chi connectivity index (χ1v) is 11.4. The highest BCUT2D eigenvalue weighted by atomic mass is 32.1. The zero-order valence-electron chi connectivity index (χ0n) is 18.4. The number of benzene rings is 3. The second-order valence-electron chi connectivity index (χ2n) is 7.79. The molecule has 3 aromatic rings. The molecule has 3 aromatic carbocycles. The molecule has 0 saturated heterocycles. The van der Waals surface area contributed by atoms with Crippen molar-refractivity contribution >= 4 is 30.4 Å². The molecule has 0 saturated carbocycles. The second kappa shape index (κ2) is 11.5. The first-order valence-electron chi connectivity index (χ1n) is 10.8. The van der Waals surface area contributed by atoms with Gasteiger partial charge in [0.2, 0.25) is 11.8 Å². The minimum Gasteiger partial charge on any atom is -0.480 e. The van der Waals surface area contributed by atoms with Gasteiger partial charge in [0.1, 0.15) is 11.6 Å². The van der Waals surface area contributed by atoms with Crippen LogP contribution in [0.4, 0.5) is 0 Å². The highest BCUT2D eigenvalue weighted by Gasteiger charge is 2.38. The summed E-state index contributed by atoms with van der Waals surface area (Å²) >= 11 is 3.93. The number of nitrogens with one attached hydrogen (secondary N) is 2. The van der Waals surface area contributed by atoms with Crippen LogP contribution in [-0.2, 0) is 19.9 Å². The minimum atomic E-state index is -1.23. The van der Waals surface area contributed by atoms with Gasteiger partial charge in [-0.05, 0) is 16.7 Å². The molecular weight excluding hydrogens is 450 g/mol. The van der Waals surface area contributed by atoms with E-state index in [2.05, 4.69) is 23.3 Å². The molecule has 2 atom stereocenters. The lowest BCUT2D eigenvalue weighted by molar-refractivity contribution is -0.141. The normalized spacial score (nSPS) is 12.9. The zero-order chi connectivity index (χ0) is 24.6. The summed E-state index contributed by atoms with van der Waals surface area (Å²) in [6.07, 6.45) is -0.334. The third kappa shape index (κ3) is 5.65. The van der Waals surface area contributed by atoms with Crippen molar-refractivity contribution in [2.75, 3.05) is 5.75 Å². The molecule has 7 nitrogen and oxygen atoms in total. The molecule has 0 aliphatic rings. The maximum atomic E-state index is 13.3. The van der Waals surface area contributed by atoms with E-state index in [1.807, 2.05) is 91.0 Å². The first kappa shape index (κ1) is 25.0. The fraction of sp³-hybridized carbons (Fsp3) is 0.192. The van der Waals surface area contributed by atoms with E-state index in [1.165, 1.54) is 0 Å². The van der Waals surface area contributed by atoms with Gasteiger partial charge in [-0.2, -0.15) is 12.6 Å². The molecule has 5 N–H and O–H groups in total. The zero-order valence-corrected chi connectivity index (χ0v) is 19.3. The van der Waals surface area contributed by atoms with Crippen LogP contribution < -0.4 is 16.4 Å². The number of carbonyl (C=O) groups excluding carboxylic acids is 2. The van der Waals surface area contributed by atoms with Gasteiger partial charge in [-0.25, -0.2) is 4.79 Å². The Morgan fingerprint density at radius 1 is 0.824 bits per heavy atom. The van der Waals surface area contributed by atoms with E-state index in [-0.39, 0.29) is 12.2 Å². The van der Waals surface area contributed by atoms with Gasteiger partial charge >= 0.3 is 5.97 Å². The van der Waals surface area contributed by atoms with E-state index in [0.29, 0.717) is 0 Å². The molecule has 2 amide bonds. The Bertz CT molecular complexity index is 1010. The maximum absolute atomic E-state index is 13.3. The fourth-order valence-electron chi connectivity index (χ4n) is 3.80. The van der Waals surface area contributed by atoms with Gasteiger partial charge < -0.3 is 21.5 Å². The molecule has 176 valence electrons. The molecule has 0 aromatic heterocycles. The van der Waals surface area contributed by atoms with Gasteiger partial charge in [0.15, 0.2) is 0 Å². The molecule has 0 aliphatic heterocycles. The lowest BCUT2D eigenvalue weighted by atomic mass is 9.77. The van der Waals surface area contributed by atoms with Crippen molar-refractivity contribution in [3.8, 4) is 0 Å². The quantitative estimate of drug-likeness (QED) is 0.227. The monoisotopic (exact) mass is 477 g/mol. The van der Waals surface area contributed by atoms with Gasteiger partial charge in [0, 0.05) is 5.75 Å². The predicted octanol–water partition coefficient (Wildman–Crippen LogP) is 2.31. The fourth-order valence-corrected chi connectivity index (χ4v) is 4.05. The van der Waals surface area contributed by atoms with E-state index >= 15 is 0 Å². The van der Waals surface area contributed by atoms with Crippen molar-refractivity contribution in [1.82, 2.24) is 10.6 Å². The van der Waals surface area contributed by atoms with Gasteiger partial charge in [-0.1, -0.05) is 91.0 Å². The number of carboxylic acid groups (broad SMARTS) is 1. The third-order valence-corrected chi connectivity index (χ3v) is 5.85. The van der Waals surface area contributed by atoms with Crippen LogP contribution in [0.1, 0.15) is 23.1 Å². The smallest absolute Gasteiger partial charge is 0.327 e. The van der Waals surface area contributed by atoms with Crippen LogP contribution in [0.3, 0.4) is 0 Å². The Morgan fingerprint density at radius 2 is 1.24 bits per heavy atom. The number of rotatable bonds is 10. The average Bonchev–Trinajstić information content (AvgIpc) is 2.87. The summed E-state index contributed by atoms with van der Waals surface area (Å²) in [6.45, 7) is 0. The van der Waals surface area contributed by atoms with Crippen LogP contribution >= 0.6 is 12.6 Å². The molecule has 0 unspecified atom stereocenters. The van der Waals surface area contributed by atoms with Crippen LogP contribution in [0.15, 0.2) is 91.0 Å². The number of amides is 2. The Labute approximate surface area is 203 Å². The summed E-state index contributed by atoms with van der Waals surface area (Å²) in [5.41, 5.74) is 7.43. The Morgan fingerprint density at radius 3 is 1.59 bits per heavy atom. The SMILES string of the molecule is N[C@@H](CC(=O)NC(c1ccccc1)(c1ccccc1)c1ccccc1)C(=O)N[C@@H](CS)C(=O)O. The van der Waals surface area contributed by atoms with E-state index in [9.17, 15) is 14.4 Å². The van der Waals surface area contributed by atoms with Crippen LogP contribution in [0.2, 0.25) is 0 Å². The van der Waals surface area contributed by atoms with Gasteiger partial charge in [-0.15, -0.1) is 0 Å². The third-order valence-electron chi connectivity index (χ3n) is 5.49. The summed E-state index contributed by atoms with van der Waals surface area (Å²) in [4.78, 5) is 36.9. The molecule has 34 heavy (non-hydrogen) atoms. The Kier molecular flexibility index (Phi) is 8.45. The highest BCUT2D eigenvalue weighted by Crippen LogP contribution is 2.36. The van der Waals surface area contributed by atoms with Crippen molar-refractivity contribution in [1.29, 1.82) is 0 Å². The van der Waals surface area contributed by atoms with Gasteiger partial charge in [0.25, 0.3) is 0 Å². The molecule has 8 heteroatoms. The van der Waals surface area contributed by atoms with Crippen molar-refractivity contribution in [3.05, 3.63) is 108 Å². The molecule has 0 spiro atoms. The maximum Gasteiger partial charge on any atom is 0.327 e. The summed E-state index contributed by atoms with van der Waals surface area (Å²) < 4.78 is 0. The number of hydrogen-bond donors (Lipinski definition) is 5. The second-order valence-corrected chi connectivity index (χ2v) is 8.15. The van der Waals surface area contributed by atoms with Crippen molar-refractivity contribution < 1.29 is 19.5 Å². The molecular formula is C26H27N3O4S. The van der Waals surface area contributed by atoms with Gasteiger partial charge in [-0.3, -0.25) is 9.59 Å². The number of carboxylic acids is 1. The van der Waals surface area contributed by atoms with Crippen LogP contribution in [0.25, 0.3) is 0 Å². The topological polar surface area (TPSA) is 122 Å². The number of thiol groups is 1. The van der Waals surface area contributed by atoms with Crippen molar-refractivity contribution in [3.63, 3.8) is 0 Å². The molecule has 0 radical (unpaired) electrons.